The van der Waals surface area contributed by atoms with Crippen molar-refractivity contribution in [1.82, 2.24) is 19.9 Å². The van der Waals surface area contributed by atoms with E-state index in [1.165, 1.54) is 5.56 Å². The maximum Gasteiger partial charge on any atom is 0.228 e. The van der Waals surface area contributed by atoms with Crippen LogP contribution in [-0.2, 0) is 11.2 Å². The van der Waals surface area contributed by atoms with Gasteiger partial charge in [0.1, 0.15) is 5.82 Å². The SMILES string of the molecule is CC[C@@H](C)N1CCc2c(-c3cnc(N)nc3)nc(N3CCOC[C@@H]3C)nc21. The highest BCUT2D eigenvalue weighted by Gasteiger charge is 2.31. The lowest BCUT2D eigenvalue weighted by Gasteiger charge is -2.34. The van der Waals surface area contributed by atoms with Crippen LogP contribution in [0.15, 0.2) is 12.4 Å². The summed E-state index contributed by atoms with van der Waals surface area (Å²) in [4.78, 5) is 22.9. The van der Waals surface area contributed by atoms with Gasteiger partial charge in [0.25, 0.3) is 0 Å². The van der Waals surface area contributed by atoms with Crippen molar-refractivity contribution in [3.63, 3.8) is 0 Å². The summed E-state index contributed by atoms with van der Waals surface area (Å²) in [5.41, 5.74) is 8.65. The van der Waals surface area contributed by atoms with Crippen LogP contribution >= 0.6 is 0 Å². The third-order valence-corrected chi connectivity index (χ3v) is 5.54. The molecule has 2 aliphatic heterocycles. The van der Waals surface area contributed by atoms with Crippen molar-refractivity contribution >= 4 is 17.7 Å². The van der Waals surface area contributed by atoms with Gasteiger partial charge in [0.05, 0.1) is 24.9 Å². The third-order valence-electron chi connectivity index (χ3n) is 5.54. The molecule has 144 valence electrons. The Morgan fingerprint density at radius 2 is 2.04 bits per heavy atom. The van der Waals surface area contributed by atoms with Crippen LogP contribution in [0.25, 0.3) is 11.3 Å². The molecule has 1 saturated heterocycles. The minimum atomic E-state index is 0.241. The van der Waals surface area contributed by atoms with Gasteiger partial charge in [0.15, 0.2) is 0 Å². The molecule has 0 aliphatic carbocycles. The lowest BCUT2D eigenvalue weighted by atomic mass is 10.1. The van der Waals surface area contributed by atoms with Crippen molar-refractivity contribution in [2.75, 3.05) is 41.8 Å². The van der Waals surface area contributed by atoms with E-state index in [0.717, 1.165) is 49.0 Å². The molecule has 0 spiro atoms. The number of fused-ring (bicyclic) bond motifs is 1. The van der Waals surface area contributed by atoms with E-state index in [1.807, 2.05) is 0 Å². The zero-order valence-electron chi connectivity index (χ0n) is 16.2. The molecular weight excluding hydrogens is 342 g/mol. The summed E-state index contributed by atoms with van der Waals surface area (Å²) >= 11 is 0. The van der Waals surface area contributed by atoms with Gasteiger partial charge in [0.2, 0.25) is 11.9 Å². The van der Waals surface area contributed by atoms with E-state index in [0.29, 0.717) is 19.3 Å². The quantitative estimate of drug-likeness (QED) is 0.873. The number of rotatable bonds is 4. The largest absolute Gasteiger partial charge is 0.377 e. The summed E-state index contributed by atoms with van der Waals surface area (Å²) in [6, 6.07) is 0.678. The monoisotopic (exact) mass is 369 g/mol. The summed E-state index contributed by atoms with van der Waals surface area (Å²) < 4.78 is 5.59. The molecule has 4 rings (SSSR count). The maximum atomic E-state index is 5.68. The number of nitrogens with zero attached hydrogens (tertiary/aromatic N) is 6. The van der Waals surface area contributed by atoms with Crippen molar-refractivity contribution in [1.29, 1.82) is 0 Å². The second-order valence-electron chi connectivity index (χ2n) is 7.32. The number of hydrogen-bond donors (Lipinski definition) is 1. The molecule has 0 aromatic carbocycles. The van der Waals surface area contributed by atoms with E-state index in [9.17, 15) is 0 Å². The first kappa shape index (κ1) is 17.9. The van der Waals surface area contributed by atoms with E-state index in [-0.39, 0.29) is 12.0 Å². The molecule has 0 saturated carbocycles. The fourth-order valence-electron chi connectivity index (χ4n) is 3.77. The molecule has 8 nitrogen and oxygen atoms in total. The summed E-state index contributed by atoms with van der Waals surface area (Å²) in [5, 5.41) is 0. The van der Waals surface area contributed by atoms with Gasteiger partial charge in [-0.15, -0.1) is 0 Å². The molecule has 8 heteroatoms. The normalized spacial score (nSPS) is 20.6. The molecule has 2 N–H and O–H groups in total. The molecule has 0 amide bonds. The average molecular weight is 369 g/mol. The number of nitrogens with two attached hydrogens (primary N) is 1. The number of aromatic nitrogens is 4. The minimum Gasteiger partial charge on any atom is -0.377 e. The Morgan fingerprint density at radius 1 is 1.26 bits per heavy atom. The highest BCUT2D eigenvalue weighted by molar-refractivity contribution is 5.72. The molecule has 2 atom stereocenters. The fourth-order valence-corrected chi connectivity index (χ4v) is 3.77. The minimum absolute atomic E-state index is 0.241. The van der Waals surface area contributed by atoms with Gasteiger partial charge in [-0.2, -0.15) is 4.98 Å². The number of ether oxygens (including phenoxy) is 1. The van der Waals surface area contributed by atoms with Crippen molar-refractivity contribution in [2.45, 2.75) is 45.7 Å². The highest BCUT2D eigenvalue weighted by atomic mass is 16.5. The van der Waals surface area contributed by atoms with Crippen molar-refractivity contribution in [2.24, 2.45) is 0 Å². The van der Waals surface area contributed by atoms with Crippen LogP contribution in [0.3, 0.4) is 0 Å². The maximum absolute atomic E-state index is 5.68. The molecule has 0 radical (unpaired) electrons. The molecule has 2 aromatic heterocycles. The molecular formula is C19H27N7O. The lowest BCUT2D eigenvalue weighted by Crippen LogP contribution is -2.44. The fraction of sp³-hybridized carbons (Fsp3) is 0.579. The second kappa shape index (κ2) is 7.26. The van der Waals surface area contributed by atoms with Crippen LogP contribution < -0.4 is 15.5 Å². The van der Waals surface area contributed by atoms with Gasteiger partial charge in [-0.05, 0) is 26.7 Å². The summed E-state index contributed by atoms with van der Waals surface area (Å²) in [6.07, 6.45) is 5.51. The van der Waals surface area contributed by atoms with Gasteiger partial charge in [-0.3, -0.25) is 0 Å². The predicted molar refractivity (Wildman–Crippen MR) is 106 cm³/mol. The van der Waals surface area contributed by atoms with Crippen LogP contribution in [0.1, 0.15) is 32.8 Å². The summed E-state index contributed by atoms with van der Waals surface area (Å²) in [7, 11) is 0. The predicted octanol–water partition coefficient (Wildman–Crippen LogP) is 1.90. The van der Waals surface area contributed by atoms with Crippen molar-refractivity contribution in [3.05, 3.63) is 18.0 Å². The van der Waals surface area contributed by atoms with Crippen LogP contribution in [-0.4, -0.2) is 58.3 Å². The second-order valence-corrected chi connectivity index (χ2v) is 7.32. The Hall–Kier alpha value is -2.48. The van der Waals surface area contributed by atoms with E-state index in [4.69, 9.17) is 20.4 Å². The lowest BCUT2D eigenvalue weighted by molar-refractivity contribution is 0.0981. The average Bonchev–Trinajstić information content (AvgIpc) is 3.12. The van der Waals surface area contributed by atoms with Gasteiger partial charge >= 0.3 is 0 Å². The first-order valence-electron chi connectivity index (χ1n) is 9.68. The van der Waals surface area contributed by atoms with Crippen LogP contribution in [0.2, 0.25) is 0 Å². The van der Waals surface area contributed by atoms with Crippen LogP contribution in [0.5, 0.6) is 0 Å². The Bertz CT molecular complexity index is 810. The van der Waals surface area contributed by atoms with Crippen molar-refractivity contribution < 1.29 is 4.74 Å². The molecule has 4 heterocycles. The molecule has 0 unspecified atom stereocenters. The number of nitrogen functional groups attached to an aromatic ring is 1. The van der Waals surface area contributed by atoms with Gasteiger partial charge in [-0.25, -0.2) is 15.0 Å². The van der Waals surface area contributed by atoms with E-state index in [2.05, 4.69) is 40.5 Å². The number of hydrogen-bond acceptors (Lipinski definition) is 8. The zero-order valence-corrected chi connectivity index (χ0v) is 16.2. The van der Waals surface area contributed by atoms with Gasteiger partial charge in [-0.1, -0.05) is 6.92 Å². The summed E-state index contributed by atoms with van der Waals surface area (Å²) in [6.45, 7) is 9.75. The highest BCUT2D eigenvalue weighted by Crippen LogP contribution is 2.37. The molecule has 2 aliphatic rings. The van der Waals surface area contributed by atoms with Crippen LogP contribution in [0.4, 0.5) is 17.7 Å². The molecule has 27 heavy (non-hydrogen) atoms. The Labute approximate surface area is 159 Å². The standard InChI is InChI=1S/C19H27N7O/c1-4-12(2)25-6-5-15-16(14-9-21-18(20)22-10-14)23-19(24-17(15)25)26-7-8-27-11-13(26)3/h9-10,12-13H,4-8,11H2,1-3H3,(H2,20,21,22)/t12-,13+/m1/s1. The topological polar surface area (TPSA) is 93.3 Å². The Kier molecular flexibility index (Phi) is 4.82. The number of morpholine rings is 1. The van der Waals surface area contributed by atoms with E-state index in [1.54, 1.807) is 12.4 Å². The molecule has 2 aromatic rings. The van der Waals surface area contributed by atoms with Gasteiger partial charge < -0.3 is 20.3 Å². The van der Waals surface area contributed by atoms with Gasteiger partial charge in [0, 0.05) is 42.7 Å². The van der Waals surface area contributed by atoms with Crippen molar-refractivity contribution in [3.8, 4) is 11.3 Å². The third kappa shape index (κ3) is 3.29. The molecule has 1 fully saturated rings. The first-order chi connectivity index (χ1) is 13.1. The van der Waals surface area contributed by atoms with E-state index >= 15 is 0 Å². The number of anilines is 3. The molecule has 0 bridgehead atoms. The summed E-state index contributed by atoms with van der Waals surface area (Å²) in [5.74, 6) is 2.07. The van der Waals surface area contributed by atoms with E-state index < -0.39 is 0 Å². The first-order valence-corrected chi connectivity index (χ1v) is 9.68. The smallest absolute Gasteiger partial charge is 0.228 e. The zero-order chi connectivity index (χ0) is 19.0. The Morgan fingerprint density at radius 3 is 2.74 bits per heavy atom. The Balaban J connectivity index is 1.83. The van der Waals surface area contributed by atoms with Crippen LogP contribution in [0, 0.1) is 0 Å².